The van der Waals surface area contributed by atoms with Crippen LogP contribution in [0.4, 0.5) is 4.39 Å². The van der Waals surface area contributed by atoms with Gasteiger partial charge in [-0.25, -0.2) is 4.39 Å². The highest BCUT2D eigenvalue weighted by atomic mass is 19.1. The summed E-state index contributed by atoms with van der Waals surface area (Å²) in [5.74, 6) is -0.382. The number of carbonyl (C=O) groups excluding carboxylic acids is 1. The molecule has 1 unspecified atom stereocenters. The van der Waals surface area contributed by atoms with Crippen LogP contribution in [0.15, 0.2) is 29.8 Å². The van der Waals surface area contributed by atoms with Crippen LogP contribution < -0.4 is 0 Å². The third-order valence-corrected chi connectivity index (χ3v) is 4.02. The lowest BCUT2D eigenvalue weighted by molar-refractivity contribution is -0.126. The zero-order chi connectivity index (χ0) is 15.9. The number of hydrogen-bond acceptors (Lipinski definition) is 2. The Morgan fingerprint density at radius 2 is 2.18 bits per heavy atom. The number of nitrogens with zero attached hydrogens (tertiary/aromatic N) is 1. The fraction of sp³-hybridized carbons (Fsp3) is 0.500. The summed E-state index contributed by atoms with van der Waals surface area (Å²) < 4.78 is 19.3. The van der Waals surface area contributed by atoms with E-state index in [0.29, 0.717) is 17.7 Å². The lowest BCUT2D eigenvalue weighted by Gasteiger charge is -2.25. The third-order valence-electron chi connectivity index (χ3n) is 4.02. The average molecular weight is 305 g/mol. The third kappa shape index (κ3) is 4.67. The molecule has 1 aliphatic heterocycles. The van der Waals surface area contributed by atoms with Gasteiger partial charge in [0.25, 0.3) is 0 Å². The van der Waals surface area contributed by atoms with E-state index in [1.807, 2.05) is 0 Å². The highest BCUT2D eigenvalue weighted by Gasteiger charge is 2.17. The number of likely N-dealkylation sites (N-methyl/N-ethyl adjacent to an activating group) is 1. The zero-order valence-corrected chi connectivity index (χ0v) is 13.3. The van der Waals surface area contributed by atoms with Crippen LogP contribution in [0.3, 0.4) is 0 Å². The second-order valence-corrected chi connectivity index (χ2v) is 5.85. The molecule has 2 rings (SSSR count). The predicted octanol–water partition coefficient (Wildman–Crippen LogP) is 3.65. The topological polar surface area (TPSA) is 29.5 Å². The molecule has 0 saturated carbocycles. The van der Waals surface area contributed by atoms with Gasteiger partial charge in [-0.3, -0.25) is 4.79 Å². The van der Waals surface area contributed by atoms with Gasteiger partial charge in [-0.05, 0) is 44.7 Å². The van der Waals surface area contributed by atoms with Crippen molar-refractivity contribution in [2.45, 2.75) is 38.7 Å². The predicted molar refractivity (Wildman–Crippen MR) is 85.9 cm³/mol. The molecule has 4 heteroatoms. The molecular formula is C18H24FNO2. The van der Waals surface area contributed by atoms with Gasteiger partial charge in [-0.2, -0.15) is 0 Å². The van der Waals surface area contributed by atoms with Crippen LogP contribution in [-0.2, 0) is 9.53 Å². The molecule has 1 aromatic carbocycles. The highest BCUT2D eigenvalue weighted by molar-refractivity contribution is 5.97. The minimum absolute atomic E-state index is 0.0703. The smallest absolute Gasteiger partial charge is 0.249 e. The maximum absolute atomic E-state index is 13.6. The van der Waals surface area contributed by atoms with E-state index in [1.54, 1.807) is 43.1 Å². The quantitative estimate of drug-likeness (QED) is 0.777. The number of halogens is 1. The maximum Gasteiger partial charge on any atom is 0.249 e. The molecule has 1 atom stereocenters. The first-order chi connectivity index (χ1) is 10.6. The van der Waals surface area contributed by atoms with Crippen LogP contribution in [0.5, 0.6) is 0 Å². The molecule has 22 heavy (non-hydrogen) atoms. The van der Waals surface area contributed by atoms with E-state index in [-0.39, 0.29) is 17.8 Å². The molecule has 0 N–H and O–H groups in total. The van der Waals surface area contributed by atoms with Gasteiger partial charge in [0.2, 0.25) is 5.91 Å². The van der Waals surface area contributed by atoms with Crippen molar-refractivity contribution < 1.29 is 13.9 Å². The molecule has 3 nitrogen and oxygen atoms in total. The highest BCUT2D eigenvalue weighted by Crippen LogP contribution is 2.17. The summed E-state index contributed by atoms with van der Waals surface area (Å²) in [7, 11) is 1.78. The summed E-state index contributed by atoms with van der Waals surface area (Å²) in [6.45, 7) is 3.21. The lowest BCUT2D eigenvalue weighted by atomic mass is 10.1. The van der Waals surface area contributed by atoms with Gasteiger partial charge in [0.1, 0.15) is 5.82 Å². The van der Waals surface area contributed by atoms with Crippen molar-refractivity contribution in [2.24, 2.45) is 0 Å². The molecule has 0 aliphatic carbocycles. The van der Waals surface area contributed by atoms with Crippen LogP contribution in [0.2, 0.25) is 0 Å². The van der Waals surface area contributed by atoms with E-state index in [9.17, 15) is 9.18 Å². The Hall–Kier alpha value is -1.68. The minimum Gasteiger partial charge on any atom is -0.378 e. The second kappa shape index (κ2) is 8.08. The SMILES string of the molecule is C/C(=C\c1ccccc1F)C(=O)N(C)CCC1CCCCO1. The number of rotatable bonds is 5. The molecule has 1 saturated heterocycles. The van der Waals surface area contributed by atoms with Crippen LogP contribution in [0.25, 0.3) is 6.08 Å². The Bertz CT molecular complexity index is 536. The molecule has 1 aromatic rings. The van der Waals surface area contributed by atoms with Gasteiger partial charge < -0.3 is 9.64 Å². The molecule has 1 fully saturated rings. The van der Waals surface area contributed by atoms with Crippen molar-refractivity contribution in [3.05, 3.63) is 41.2 Å². The number of ether oxygens (including phenoxy) is 1. The van der Waals surface area contributed by atoms with E-state index in [2.05, 4.69) is 0 Å². The van der Waals surface area contributed by atoms with Crippen LogP contribution >= 0.6 is 0 Å². The Balaban J connectivity index is 1.90. The second-order valence-electron chi connectivity index (χ2n) is 5.85. The lowest BCUT2D eigenvalue weighted by Crippen LogP contribution is -2.31. The average Bonchev–Trinajstić information content (AvgIpc) is 2.55. The number of amides is 1. The first kappa shape index (κ1) is 16.7. The number of hydrogen-bond donors (Lipinski definition) is 0. The fourth-order valence-corrected chi connectivity index (χ4v) is 2.66. The molecule has 1 amide bonds. The molecule has 1 aliphatic rings. The Morgan fingerprint density at radius 3 is 2.86 bits per heavy atom. The summed E-state index contributed by atoms with van der Waals surface area (Å²) in [6.07, 6.45) is 6.14. The van der Waals surface area contributed by atoms with E-state index in [1.165, 1.54) is 12.5 Å². The van der Waals surface area contributed by atoms with E-state index in [4.69, 9.17) is 4.74 Å². The van der Waals surface area contributed by atoms with Crippen molar-refractivity contribution in [2.75, 3.05) is 20.2 Å². The molecule has 0 aromatic heterocycles. The van der Waals surface area contributed by atoms with Crippen LogP contribution in [-0.4, -0.2) is 37.1 Å². The molecular weight excluding hydrogens is 281 g/mol. The molecule has 1 heterocycles. The van der Waals surface area contributed by atoms with Crippen molar-refractivity contribution >= 4 is 12.0 Å². The van der Waals surface area contributed by atoms with E-state index >= 15 is 0 Å². The first-order valence-electron chi connectivity index (χ1n) is 7.88. The number of carbonyl (C=O) groups is 1. The van der Waals surface area contributed by atoms with Gasteiger partial charge in [-0.1, -0.05) is 18.2 Å². The standard InChI is InChI=1S/C18H24FNO2/c1-14(13-15-7-3-4-9-17(15)19)18(21)20(2)11-10-16-8-5-6-12-22-16/h3-4,7,9,13,16H,5-6,8,10-12H2,1-2H3/b14-13+. The molecule has 0 radical (unpaired) electrons. The maximum atomic E-state index is 13.6. The largest absolute Gasteiger partial charge is 0.378 e. The summed E-state index contributed by atoms with van der Waals surface area (Å²) in [4.78, 5) is 14.0. The van der Waals surface area contributed by atoms with Crippen LogP contribution in [0, 0.1) is 5.82 Å². The first-order valence-corrected chi connectivity index (χ1v) is 7.88. The van der Waals surface area contributed by atoms with E-state index in [0.717, 1.165) is 25.9 Å². The van der Waals surface area contributed by atoms with Crippen molar-refractivity contribution in [3.63, 3.8) is 0 Å². The zero-order valence-electron chi connectivity index (χ0n) is 13.3. The van der Waals surface area contributed by atoms with Crippen molar-refractivity contribution in [3.8, 4) is 0 Å². The van der Waals surface area contributed by atoms with Gasteiger partial charge in [0.05, 0.1) is 6.10 Å². The number of benzene rings is 1. The Kier molecular flexibility index (Phi) is 6.13. The summed E-state index contributed by atoms with van der Waals surface area (Å²) >= 11 is 0. The van der Waals surface area contributed by atoms with Gasteiger partial charge >= 0.3 is 0 Å². The van der Waals surface area contributed by atoms with Gasteiger partial charge in [0, 0.05) is 31.3 Å². The normalized spacial score (nSPS) is 19.0. The van der Waals surface area contributed by atoms with Crippen LogP contribution in [0.1, 0.15) is 38.2 Å². The summed E-state index contributed by atoms with van der Waals surface area (Å²) in [6, 6.07) is 6.46. The molecule has 0 bridgehead atoms. The summed E-state index contributed by atoms with van der Waals surface area (Å²) in [5.41, 5.74) is 0.981. The van der Waals surface area contributed by atoms with E-state index < -0.39 is 0 Å². The van der Waals surface area contributed by atoms with Crippen molar-refractivity contribution in [1.82, 2.24) is 4.90 Å². The van der Waals surface area contributed by atoms with Gasteiger partial charge in [-0.15, -0.1) is 0 Å². The Labute approximate surface area is 131 Å². The van der Waals surface area contributed by atoms with Gasteiger partial charge in [0.15, 0.2) is 0 Å². The molecule has 120 valence electrons. The minimum atomic E-state index is -0.312. The molecule has 0 spiro atoms. The Morgan fingerprint density at radius 1 is 1.41 bits per heavy atom. The summed E-state index contributed by atoms with van der Waals surface area (Å²) in [5, 5.41) is 0. The van der Waals surface area contributed by atoms with Crippen molar-refractivity contribution in [1.29, 1.82) is 0 Å². The fourth-order valence-electron chi connectivity index (χ4n) is 2.66. The monoisotopic (exact) mass is 305 g/mol.